The van der Waals surface area contributed by atoms with Crippen LogP contribution in [-0.2, 0) is 6.42 Å². The maximum Gasteiger partial charge on any atom is 0.129 e. The molecule has 0 aliphatic rings. The predicted molar refractivity (Wildman–Crippen MR) is 65.6 cm³/mol. The van der Waals surface area contributed by atoms with E-state index in [1.807, 2.05) is 6.92 Å². The third kappa shape index (κ3) is 4.54. The van der Waals surface area contributed by atoms with Gasteiger partial charge in [0.2, 0.25) is 0 Å². The number of hydrogen-bond donors (Lipinski definition) is 1. The van der Waals surface area contributed by atoms with Crippen LogP contribution in [0.4, 0.5) is 8.78 Å². The molecule has 0 aromatic heterocycles. The van der Waals surface area contributed by atoms with Crippen molar-refractivity contribution < 1.29 is 8.78 Å². The van der Waals surface area contributed by atoms with Crippen LogP contribution in [0.25, 0.3) is 0 Å². The van der Waals surface area contributed by atoms with Gasteiger partial charge in [0.15, 0.2) is 0 Å². The highest BCUT2D eigenvalue weighted by atomic mass is 19.1. The van der Waals surface area contributed by atoms with Crippen LogP contribution in [0, 0.1) is 23.5 Å². The molecule has 0 saturated heterocycles. The molecule has 0 saturated carbocycles. The van der Waals surface area contributed by atoms with Crippen molar-refractivity contribution in [1.82, 2.24) is 5.32 Å². The SMILES string of the molecule is CC#CCC(Cc1ccc(F)cc1F)NCC. The summed E-state index contributed by atoms with van der Waals surface area (Å²) in [5.41, 5.74) is 0.523. The molecule has 1 aromatic rings. The molecule has 0 aliphatic heterocycles. The maximum absolute atomic E-state index is 13.5. The minimum Gasteiger partial charge on any atom is -0.313 e. The summed E-state index contributed by atoms with van der Waals surface area (Å²) in [6, 6.07) is 3.80. The number of nitrogens with one attached hydrogen (secondary N) is 1. The van der Waals surface area contributed by atoms with E-state index in [9.17, 15) is 8.78 Å². The average Bonchev–Trinajstić information content (AvgIpc) is 2.29. The van der Waals surface area contributed by atoms with Gasteiger partial charge in [0, 0.05) is 18.5 Å². The second-order valence-corrected chi connectivity index (χ2v) is 3.83. The third-order valence-corrected chi connectivity index (χ3v) is 2.50. The Bertz CT molecular complexity index is 418. The van der Waals surface area contributed by atoms with Gasteiger partial charge in [-0.05, 0) is 31.5 Å². The van der Waals surface area contributed by atoms with Crippen molar-refractivity contribution in [3.05, 3.63) is 35.4 Å². The van der Waals surface area contributed by atoms with Crippen LogP contribution in [0.1, 0.15) is 25.8 Å². The van der Waals surface area contributed by atoms with Crippen molar-refractivity contribution in [3.8, 4) is 11.8 Å². The number of rotatable bonds is 5. The summed E-state index contributed by atoms with van der Waals surface area (Å²) >= 11 is 0. The van der Waals surface area contributed by atoms with E-state index >= 15 is 0 Å². The van der Waals surface area contributed by atoms with Gasteiger partial charge in [0.25, 0.3) is 0 Å². The van der Waals surface area contributed by atoms with Gasteiger partial charge in [-0.2, -0.15) is 0 Å². The number of benzene rings is 1. The van der Waals surface area contributed by atoms with E-state index in [0.717, 1.165) is 12.6 Å². The van der Waals surface area contributed by atoms with Crippen molar-refractivity contribution in [2.75, 3.05) is 6.54 Å². The van der Waals surface area contributed by atoms with Crippen molar-refractivity contribution in [1.29, 1.82) is 0 Å². The van der Waals surface area contributed by atoms with E-state index in [2.05, 4.69) is 17.2 Å². The number of hydrogen-bond acceptors (Lipinski definition) is 1. The Hall–Kier alpha value is -1.40. The van der Waals surface area contributed by atoms with Crippen LogP contribution in [0.5, 0.6) is 0 Å². The Morgan fingerprint density at radius 1 is 1.35 bits per heavy atom. The minimum atomic E-state index is -0.542. The molecule has 0 aliphatic carbocycles. The molecule has 1 nitrogen and oxygen atoms in total. The number of likely N-dealkylation sites (N-methyl/N-ethyl adjacent to an activating group) is 1. The van der Waals surface area contributed by atoms with Crippen molar-refractivity contribution in [2.24, 2.45) is 0 Å². The lowest BCUT2D eigenvalue weighted by Crippen LogP contribution is -2.30. The smallest absolute Gasteiger partial charge is 0.129 e. The normalized spacial score (nSPS) is 11.8. The van der Waals surface area contributed by atoms with Crippen LogP contribution >= 0.6 is 0 Å². The average molecular weight is 237 g/mol. The van der Waals surface area contributed by atoms with Crippen molar-refractivity contribution >= 4 is 0 Å². The molecular weight excluding hydrogens is 220 g/mol. The maximum atomic E-state index is 13.5. The summed E-state index contributed by atoms with van der Waals surface area (Å²) < 4.78 is 26.2. The highest BCUT2D eigenvalue weighted by Crippen LogP contribution is 2.12. The molecule has 0 amide bonds. The largest absolute Gasteiger partial charge is 0.313 e. The Morgan fingerprint density at radius 2 is 2.12 bits per heavy atom. The van der Waals surface area contributed by atoms with E-state index in [-0.39, 0.29) is 6.04 Å². The summed E-state index contributed by atoms with van der Waals surface area (Å²) in [5.74, 6) is 4.77. The van der Waals surface area contributed by atoms with E-state index in [1.54, 1.807) is 6.92 Å². The molecule has 0 fully saturated rings. The van der Waals surface area contributed by atoms with Crippen molar-refractivity contribution in [3.63, 3.8) is 0 Å². The van der Waals surface area contributed by atoms with Gasteiger partial charge in [-0.3, -0.25) is 0 Å². The first-order valence-corrected chi connectivity index (χ1v) is 5.74. The fourth-order valence-corrected chi connectivity index (χ4v) is 1.68. The Kier molecular flexibility index (Phi) is 5.65. The zero-order valence-corrected chi connectivity index (χ0v) is 10.2. The van der Waals surface area contributed by atoms with E-state index < -0.39 is 11.6 Å². The molecule has 0 radical (unpaired) electrons. The highest BCUT2D eigenvalue weighted by molar-refractivity contribution is 5.20. The van der Waals surface area contributed by atoms with Crippen LogP contribution in [0.2, 0.25) is 0 Å². The Labute approximate surface area is 101 Å². The van der Waals surface area contributed by atoms with Crippen molar-refractivity contribution in [2.45, 2.75) is 32.7 Å². The number of halogens is 2. The first-order chi connectivity index (χ1) is 8.17. The fraction of sp³-hybridized carbons (Fsp3) is 0.429. The molecule has 17 heavy (non-hydrogen) atoms. The molecule has 0 spiro atoms. The molecule has 1 aromatic carbocycles. The topological polar surface area (TPSA) is 12.0 Å². The molecule has 0 heterocycles. The van der Waals surface area contributed by atoms with Gasteiger partial charge in [-0.1, -0.05) is 13.0 Å². The predicted octanol–water partition coefficient (Wildman–Crippen LogP) is 2.90. The third-order valence-electron chi connectivity index (χ3n) is 2.50. The molecule has 1 rings (SSSR count). The lowest BCUT2D eigenvalue weighted by molar-refractivity contribution is 0.511. The molecular formula is C14H17F2N. The van der Waals surface area contributed by atoms with E-state index in [1.165, 1.54) is 12.1 Å². The van der Waals surface area contributed by atoms with E-state index in [4.69, 9.17) is 0 Å². The quantitative estimate of drug-likeness (QED) is 0.776. The standard InChI is InChI=1S/C14H17F2N/c1-3-5-6-13(17-4-2)9-11-7-8-12(15)10-14(11)16/h7-8,10,13,17H,4,6,9H2,1-2H3. The first kappa shape index (κ1) is 13.7. The summed E-state index contributed by atoms with van der Waals surface area (Å²) in [7, 11) is 0. The van der Waals surface area contributed by atoms with Crippen LogP contribution in [0.3, 0.4) is 0 Å². The summed E-state index contributed by atoms with van der Waals surface area (Å²) in [6.07, 6.45) is 1.19. The van der Waals surface area contributed by atoms with Gasteiger partial charge in [0.05, 0.1) is 0 Å². The lowest BCUT2D eigenvalue weighted by Gasteiger charge is -2.15. The molecule has 3 heteroatoms. The summed E-state index contributed by atoms with van der Waals surface area (Å²) in [5, 5.41) is 3.24. The van der Waals surface area contributed by atoms with Gasteiger partial charge < -0.3 is 5.32 Å². The zero-order chi connectivity index (χ0) is 12.7. The van der Waals surface area contributed by atoms with Gasteiger partial charge in [0.1, 0.15) is 11.6 Å². The van der Waals surface area contributed by atoms with Crippen LogP contribution in [0.15, 0.2) is 18.2 Å². The summed E-state index contributed by atoms with van der Waals surface area (Å²) in [4.78, 5) is 0. The molecule has 92 valence electrons. The minimum absolute atomic E-state index is 0.104. The second-order valence-electron chi connectivity index (χ2n) is 3.83. The molecule has 1 unspecified atom stereocenters. The summed E-state index contributed by atoms with van der Waals surface area (Å²) in [6.45, 7) is 4.58. The Morgan fingerprint density at radius 3 is 2.71 bits per heavy atom. The first-order valence-electron chi connectivity index (χ1n) is 5.74. The van der Waals surface area contributed by atoms with Gasteiger partial charge in [-0.25, -0.2) is 8.78 Å². The molecule has 1 atom stereocenters. The molecule has 1 N–H and O–H groups in total. The van der Waals surface area contributed by atoms with Crippen LogP contribution in [-0.4, -0.2) is 12.6 Å². The van der Waals surface area contributed by atoms with Crippen LogP contribution < -0.4 is 5.32 Å². The highest BCUT2D eigenvalue weighted by Gasteiger charge is 2.11. The lowest BCUT2D eigenvalue weighted by atomic mass is 10.0. The monoisotopic (exact) mass is 237 g/mol. The van der Waals surface area contributed by atoms with Gasteiger partial charge >= 0.3 is 0 Å². The Balaban J connectivity index is 2.73. The zero-order valence-electron chi connectivity index (χ0n) is 10.2. The molecule has 0 bridgehead atoms. The van der Waals surface area contributed by atoms with E-state index in [0.29, 0.717) is 18.4 Å². The van der Waals surface area contributed by atoms with Gasteiger partial charge in [-0.15, -0.1) is 11.8 Å². The second kappa shape index (κ2) is 7.03. The fourth-order valence-electron chi connectivity index (χ4n) is 1.68.